The molecule has 29 heavy (non-hydrogen) atoms. The van der Waals surface area contributed by atoms with Gasteiger partial charge in [-0.15, -0.1) is 0 Å². The number of rotatable bonds is 4. The molecule has 0 saturated carbocycles. The summed E-state index contributed by atoms with van der Waals surface area (Å²) in [5, 5.41) is 10.8. The van der Waals surface area contributed by atoms with Gasteiger partial charge in [0.2, 0.25) is 5.91 Å². The molecule has 0 atom stereocenters. The average molecular weight is 534 g/mol. The topological polar surface area (TPSA) is 86.7 Å². The van der Waals surface area contributed by atoms with Crippen molar-refractivity contribution in [3.8, 4) is 5.75 Å². The number of phenolic OH excluding ortho intramolecular Hbond substituents is 1. The van der Waals surface area contributed by atoms with E-state index >= 15 is 0 Å². The van der Waals surface area contributed by atoms with Crippen LogP contribution < -0.4 is 5.32 Å². The van der Waals surface area contributed by atoms with Crippen LogP contribution in [0.2, 0.25) is 0 Å². The number of amides is 3. The quantitative estimate of drug-likeness (QED) is 0.351. The van der Waals surface area contributed by atoms with E-state index < -0.39 is 46.7 Å². The largest absolute Gasteiger partial charge is 0.507 e. The molecule has 0 aromatic heterocycles. The second kappa shape index (κ2) is 8.45. The first-order valence-corrected chi connectivity index (χ1v) is 9.74. The summed E-state index contributed by atoms with van der Waals surface area (Å²) in [7, 11) is 0. The molecule has 3 rings (SSSR count). The zero-order valence-corrected chi connectivity index (χ0v) is 17.2. The van der Waals surface area contributed by atoms with Gasteiger partial charge in [-0.25, -0.2) is 13.2 Å². The van der Waals surface area contributed by atoms with E-state index in [1.807, 2.05) is 27.9 Å². The Hall–Kier alpha value is -2.54. The molecule has 1 saturated heterocycles. The van der Waals surface area contributed by atoms with Crippen LogP contribution in [0.1, 0.15) is 5.56 Å². The molecule has 2 aromatic rings. The number of carbonyl (C=O) groups is 3. The number of nitrogens with zero attached hydrogens (tertiary/aromatic N) is 1. The van der Waals surface area contributed by atoms with E-state index in [1.54, 1.807) is 12.1 Å². The molecule has 0 aliphatic carbocycles. The Morgan fingerprint density at radius 2 is 1.90 bits per heavy atom. The van der Waals surface area contributed by atoms with Gasteiger partial charge in [-0.1, -0.05) is 6.07 Å². The standard InChI is InChI=1S/C18H10F3IN2O4S/c19-9-2-3-11(16(21)15(9)20)23-14(26)7-24-17(27)13(29-18(24)28)6-8-1-4-12(25)10(22)5-8/h1-6,25H,7H2,(H,23,26). The molecule has 11 heteroatoms. The lowest BCUT2D eigenvalue weighted by atomic mass is 10.2. The van der Waals surface area contributed by atoms with Crippen LogP contribution in [0.25, 0.3) is 6.08 Å². The van der Waals surface area contributed by atoms with E-state index in [-0.39, 0.29) is 10.7 Å². The van der Waals surface area contributed by atoms with Crippen molar-refractivity contribution in [2.45, 2.75) is 0 Å². The van der Waals surface area contributed by atoms with Crippen LogP contribution in [0.3, 0.4) is 0 Å². The van der Waals surface area contributed by atoms with Crippen LogP contribution in [0.4, 0.5) is 23.7 Å². The van der Waals surface area contributed by atoms with Crippen molar-refractivity contribution in [1.82, 2.24) is 4.90 Å². The highest BCUT2D eigenvalue weighted by Crippen LogP contribution is 2.33. The molecule has 0 radical (unpaired) electrons. The van der Waals surface area contributed by atoms with Crippen LogP contribution in [0.5, 0.6) is 5.75 Å². The van der Waals surface area contributed by atoms with Gasteiger partial charge in [0.15, 0.2) is 17.5 Å². The average Bonchev–Trinajstić information content (AvgIpc) is 2.92. The first-order chi connectivity index (χ1) is 13.7. The highest BCUT2D eigenvalue weighted by atomic mass is 127. The number of imide groups is 1. The number of anilines is 1. The van der Waals surface area contributed by atoms with Crippen LogP contribution in [0.15, 0.2) is 35.2 Å². The number of thioether (sulfide) groups is 1. The highest BCUT2D eigenvalue weighted by molar-refractivity contribution is 14.1. The normalized spacial score (nSPS) is 15.3. The molecule has 1 aliphatic heterocycles. The van der Waals surface area contributed by atoms with Gasteiger partial charge < -0.3 is 10.4 Å². The van der Waals surface area contributed by atoms with E-state index in [2.05, 4.69) is 0 Å². The van der Waals surface area contributed by atoms with Gasteiger partial charge in [0.25, 0.3) is 11.1 Å². The van der Waals surface area contributed by atoms with Crippen molar-refractivity contribution in [3.05, 3.63) is 61.8 Å². The Labute approximate surface area is 179 Å². The molecule has 150 valence electrons. The van der Waals surface area contributed by atoms with E-state index in [4.69, 9.17) is 0 Å². The fourth-order valence-electron chi connectivity index (χ4n) is 2.36. The summed E-state index contributed by atoms with van der Waals surface area (Å²) in [5.74, 6) is -6.38. The van der Waals surface area contributed by atoms with Gasteiger partial charge in [0.1, 0.15) is 12.3 Å². The lowest BCUT2D eigenvalue weighted by Crippen LogP contribution is -2.36. The van der Waals surface area contributed by atoms with Crippen molar-refractivity contribution in [3.63, 3.8) is 0 Å². The molecule has 2 N–H and O–H groups in total. The lowest BCUT2D eigenvalue weighted by Gasteiger charge is -2.13. The summed E-state index contributed by atoms with van der Waals surface area (Å²) in [6.45, 7) is -0.729. The van der Waals surface area contributed by atoms with Crippen LogP contribution >= 0.6 is 34.4 Å². The zero-order chi connectivity index (χ0) is 21.3. The molecule has 0 spiro atoms. The molecule has 1 aliphatic rings. The minimum Gasteiger partial charge on any atom is -0.507 e. The van der Waals surface area contributed by atoms with E-state index in [9.17, 15) is 32.7 Å². The predicted octanol–water partition coefficient (Wildman–Crippen LogP) is 4.09. The van der Waals surface area contributed by atoms with Gasteiger partial charge >= 0.3 is 0 Å². The summed E-state index contributed by atoms with van der Waals surface area (Å²) in [6, 6.07) is 6.04. The third-order valence-electron chi connectivity index (χ3n) is 3.75. The van der Waals surface area contributed by atoms with Gasteiger partial charge in [-0.2, -0.15) is 0 Å². The SMILES string of the molecule is O=C(CN1C(=O)SC(=Cc2ccc(O)c(I)c2)C1=O)Nc1ccc(F)c(F)c1F. The maximum absolute atomic E-state index is 13.6. The number of hydrogen-bond acceptors (Lipinski definition) is 5. The van der Waals surface area contributed by atoms with E-state index in [1.165, 1.54) is 12.1 Å². The number of hydrogen-bond donors (Lipinski definition) is 2. The minimum absolute atomic E-state index is 0.0586. The summed E-state index contributed by atoms with van der Waals surface area (Å²) in [5.41, 5.74) is -0.0545. The first-order valence-electron chi connectivity index (χ1n) is 7.84. The molecule has 0 unspecified atom stereocenters. The van der Waals surface area contributed by atoms with Crippen molar-refractivity contribution >= 4 is 63.2 Å². The highest BCUT2D eigenvalue weighted by Gasteiger charge is 2.36. The third kappa shape index (κ3) is 4.56. The minimum atomic E-state index is -1.75. The van der Waals surface area contributed by atoms with Gasteiger partial charge in [-0.3, -0.25) is 19.3 Å². The number of benzene rings is 2. The van der Waals surface area contributed by atoms with Gasteiger partial charge in [0, 0.05) is 0 Å². The Kier molecular flexibility index (Phi) is 6.17. The first kappa shape index (κ1) is 21.2. The van der Waals surface area contributed by atoms with E-state index in [0.29, 0.717) is 31.9 Å². The maximum Gasteiger partial charge on any atom is 0.294 e. The van der Waals surface area contributed by atoms with Crippen molar-refractivity contribution in [2.75, 3.05) is 11.9 Å². The van der Waals surface area contributed by atoms with Crippen molar-refractivity contribution < 1.29 is 32.7 Å². The van der Waals surface area contributed by atoms with Gasteiger partial charge in [0.05, 0.1) is 14.2 Å². The number of halogens is 4. The number of nitrogens with one attached hydrogen (secondary N) is 1. The summed E-state index contributed by atoms with van der Waals surface area (Å²) in [6.07, 6.45) is 1.43. The van der Waals surface area contributed by atoms with Crippen LogP contribution in [-0.2, 0) is 9.59 Å². The molecule has 3 amide bonds. The molecular formula is C18H10F3IN2O4S. The van der Waals surface area contributed by atoms with Crippen molar-refractivity contribution in [2.24, 2.45) is 0 Å². The zero-order valence-electron chi connectivity index (χ0n) is 14.2. The van der Waals surface area contributed by atoms with Crippen LogP contribution in [-0.4, -0.2) is 33.6 Å². The fourth-order valence-corrected chi connectivity index (χ4v) is 3.73. The second-order valence-corrected chi connectivity index (χ2v) is 7.91. The Morgan fingerprint density at radius 1 is 1.17 bits per heavy atom. The number of aromatic hydroxyl groups is 1. The molecule has 6 nitrogen and oxygen atoms in total. The van der Waals surface area contributed by atoms with Crippen molar-refractivity contribution in [1.29, 1.82) is 0 Å². The Balaban J connectivity index is 1.73. The number of phenols is 1. The smallest absolute Gasteiger partial charge is 0.294 e. The van der Waals surface area contributed by atoms with Gasteiger partial charge in [-0.05, 0) is 70.3 Å². The molecular weight excluding hydrogens is 524 g/mol. The summed E-state index contributed by atoms with van der Waals surface area (Å²) < 4.78 is 40.4. The fraction of sp³-hybridized carbons (Fsp3) is 0.0556. The van der Waals surface area contributed by atoms with E-state index in [0.717, 1.165) is 6.07 Å². The predicted molar refractivity (Wildman–Crippen MR) is 108 cm³/mol. The second-order valence-electron chi connectivity index (χ2n) is 5.75. The number of carbonyl (C=O) groups excluding carboxylic acids is 3. The molecule has 1 heterocycles. The Morgan fingerprint density at radius 3 is 2.59 bits per heavy atom. The maximum atomic E-state index is 13.6. The summed E-state index contributed by atoms with van der Waals surface area (Å²) in [4.78, 5) is 37.3. The Bertz CT molecular complexity index is 1080. The third-order valence-corrected chi connectivity index (χ3v) is 5.53. The molecule has 2 aromatic carbocycles. The monoisotopic (exact) mass is 534 g/mol. The molecule has 1 fully saturated rings. The lowest BCUT2D eigenvalue weighted by molar-refractivity contribution is -0.127. The molecule has 0 bridgehead atoms. The van der Waals surface area contributed by atoms with Crippen LogP contribution in [0, 0.1) is 21.0 Å². The summed E-state index contributed by atoms with van der Waals surface area (Å²) >= 11 is 2.51.